The van der Waals surface area contributed by atoms with Crippen molar-refractivity contribution in [3.63, 3.8) is 0 Å². The van der Waals surface area contributed by atoms with E-state index < -0.39 is 5.97 Å². The maximum Gasteiger partial charge on any atom is 0.356 e. The molecule has 3 rings (SSSR count). The van der Waals surface area contributed by atoms with Crippen LogP contribution in [0.5, 0.6) is 11.5 Å². The van der Waals surface area contributed by atoms with E-state index in [4.69, 9.17) is 9.47 Å². The SMILES string of the molecule is COc1ccc(/C(=N/Nc2nc3ccccc3n2C)C(=O)O)cc1OC. The summed E-state index contributed by atoms with van der Waals surface area (Å²) in [6.07, 6.45) is 0. The second kappa shape index (κ2) is 7.14. The monoisotopic (exact) mass is 354 g/mol. The van der Waals surface area contributed by atoms with Gasteiger partial charge in [0.2, 0.25) is 5.95 Å². The molecule has 0 aliphatic carbocycles. The Labute approximate surface area is 149 Å². The van der Waals surface area contributed by atoms with Gasteiger partial charge in [-0.2, -0.15) is 5.10 Å². The molecule has 0 spiro atoms. The number of carboxylic acids is 1. The van der Waals surface area contributed by atoms with Crippen molar-refractivity contribution < 1.29 is 19.4 Å². The fourth-order valence-electron chi connectivity index (χ4n) is 2.57. The number of hydrogen-bond acceptors (Lipinski definition) is 6. The number of hydrazone groups is 1. The van der Waals surface area contributed by atoms with Gasteiger partial charge in [0.1, 0.15) is 0 Å². The van der Waals surface area contributed by atoms with Gasteiger partial charge in [-0.1, -0.05) is 12.1 Å². The predicted molar refractivity (Wildman–Crippen MR) is 98.1 cm³/mol. The average molecular weight is 354 g/mol. The smallest absolute Gasteiger partial charge is 0.356 e. The van der Waals surface area contributed by atoms with Gasteiger partial charge in [-0.05, 0) is 30.3 Å². The zero-order valence-electron chi connectivity index (χ0n) is 14.6. The number of aromatic nitrogens is 2. The molecule has 8 nitrogen and oxygen atoms in total. The molecule has 2 N–H and O–H groups in total. The molecule has 0 aliphatic rings. The van der Waals surface area contributed by atoms with Gasteiger partial charge < -0.3 is 19.1 Å². The first-order valence-corrected chi connectivity index (χ1v) is 7.76. The number of hydrogen-bond donors (Lipinski definition) is 2. The molecule has 0 bridgehead atoms. The summed E-state index contributed by atoms with van der Waals surface area (Å²) in [4.78, 5) is 16.1. The van der Waals surface area contributed by atoms with Crippen LogP contribution < -0.4 is 14.9 Å². The van der Waals surface area contributed by atoms with E-state index >= 15 is 0 Å². The van der Waals surface area contributed by atoms with Gasteiger partial charge in [0.05, 0.1) is 25.3 Å². The normalized spacial score (nSPS) is 11.4. The standard InChI is InChI=1S/C18H18N4O4/c1-22-13-7-5-4-6-12(13)19-18(22)21-20-16(17(23)24)11-8-9-14(25-2)15(10-11)26-3/h4-10H,1-3H3,(H,19,21)(H,23,24)/b20-16-. The third-order valence-corrected chi connectivity index (χ3v) is 3.91. The van der Waals surface area contributed by atoms with Crippen molar-refractivity contribution in [2.24, 2.45) is 12.1 Å². The molecule has 0 amide bonds. The number of ether oxygens (including phenoxy) is 2. The number of para-hydroxylation sites is 2. The highest BCUT2D eigenvalue weighted by Crippen LogP contribution is 2.28. The number of nitrogens with zero attached hydrogens (tertiary/aromatic N) is 3. The van der Waals surface area contributed by atoms with Crippen LogP contribution in [0.3, 0.4) is 0 Å². The topological polar surface area (TPSA) is 98.0 Å². The molecular formula is C18H18N4O4. The van der Waals surface area contributed by atoms with Gasteiger partial charge in [-0.3, -0.25) is 0 Å². The van der Waals surface area contributed by atoms with E-state index in [1.165, 1.54) is 14.2 Å². The molecule has 0 fully saturated rings. The number of anilines is 1. The molecular weight excluding hydrogens is 336 g/mol. The second-order valence-corrected chi connectivity index (χ2v) is 5.43. The van der Waals surface area contributed by atoms with Crippen molar-refractivity contribution >= 4 is 28.7 Å². The van der Waals surface area contributed by atoms with Crippen LogP contribution in [0.1, 0.15) is 5.56 Å². The third-order valence-electron chi connectivity index (χ3n) is 3.91. The highest BCUT2D eigenvalue weighted by atomic mass is 16.5. The number of benzene rings is 2. The molecule has 134 valence electrons. The number of imidazole rings is 1. The van der Waals surface area contributed by atoms with E-state index in [-0.39, 0.29) is 5.71 Å². The van der Waals surface area contributed by atoms with Gasteiger partial charge in [0.25, 0.3) is 0 Å². The highest BCUT2D eigenvalue weighted by Gasteiger charge is 2.16. The Bertz CT molecular complexity index is 994. The molecule has 0 aliphatic heterocycles. The van der Waals surface area contributed by atoms with Crippen molar-refractivity contribution in [3.05, 3.63) is 48.0 Å². The van der Waals surface area contributed by atoms with Crippen molar-refractivity contribution in [2.45, 2.75) is 0 Å². The molecule has 26 heavy (non-hydrogen) atoms. The zero-order valence-corrected chi connectivity index (χ0v) is 14.6. The van der Waals surface area contributed by atoms with Crippen LogP contribution in [0, 0.1) is 0 Å². The Morgan fingerprint density at radius 3 is 2.54 bits per heavy atom. The number of nitrogens with one attached hydrogen (secondary N) is 1. The molecule has 0 unspecified atom stereocenters. The van der Waals surface area contributed by atoms with Crippen molar-refractivity contribution in [1.82, 2.24) is 9.55 Å². The summed E-state index contributed by atoms with van der Waals surface area (Å²) in [5.74, 6) is 0.180. The van der Waals surface area contributed by atoms with Gasteiger partial charge in [-0.25, -0.2) is 15.2 Å². The number of carboxylic acid groups (broad SMARTS) is 1. The lowest BCUT2D eigenvalue weighted by Crippen LogP contribution is -2.17. The first kappa shape index (κ1) is 17.3. The van der Waals surface area contributed by atoms with E-state index in [1.54, 1.807) is 22.8 Å². The summed E-state index contributed by atoms with van der Waals surface area (Å²) in [5, 5.41) is 13.6. The van der Waals surface area contributed by atoms with E-state index in [2.05, 4.69) is 15.5 Å². The van der Waals surface area contributed by atoms with Crippen LogP contribution in [0.2, 0.25) is 0 Å². The summed E-state index contributed by atoms with van der Waals surface area (Å²) in [6.45, 7) is 0. The van der Waals surface area contributed by atoms with Gasteiger partial charge in [-0.15, -0.1) is 0 Å². The van der Waals surface area contributed by atoms with E-state index in [9.17, 15) is 9.90 Å². The molecule has 0 atom stereocenters. The molecule has 0 saturated heterocycles. The van der Waals surface area contributed by atoms with Crippen molar-refractivity contribution in [3.8, 4) is 11.5 Å². The quantitative estimate of drug-likeness (QED) is 0.521. The molecule has 1 aromatic heterocycles. The summed E-state index contributed by atoms with van der Waals surface area (Å²) < 4.78 is 12.2. The molecule has 8 heteroatoms. The molecule has 0 saturated carbocycles. The Kier molecular flexibility index (Phi) is 4.74. The number of fused-ring (bicyclic) bond motifs is 1. The number of methoxy groups -OCH3 is 2. The third kappa shape index (κ3) is 3.16. The minimum absolute atomic E-state index is 0.169. The summed E-state index contributed by atoms with van der Waals surface area (Å²) in [7, 11) is 4.82. The largest absolute Gasteiger partial charge is 0.493 e. The van der Waals surface area contributed by atoms with Crippen LogP contribution in [-0.4, -0.2) is 40.6 Å². The first-order chi connectivity index (χ1) is 12.5. The number of aliphatic carboxylic acids is 1. The number of carbonyl (C=O) groups is 1. The Morgan fingerprint density at radius 1 is 1.15 bits per heavy atom. The number of rotatable bonds is 6. The summed E-state index contributed by atoms with van der Waals surface area (Å²) in [5.41, 5.74) is 4.64. The first-order valence-electron chi connectivity index (χ1n) is 7.76. The maximum atomic E-state index is 11.7. The van der Waals surface area contributed by atoms with E-state index in [1.807, 2.05) is 31.3 Å². The maximum absolute atomic E-state index is 11.7. The summed E-state index contributed by atoms with van der Waals surface area (Å²) >= 11 is 0. The van der Waals surface area contributed by atoms with Crippen LogP contribution in [0.4, 0.5) is 5.95 Å². The highest BCUT2D eigenvalue weighted by molar-refractivity contribution is 6.42. The lowest BCUT2D eigenvalue weighted by Gasteiger charge is -2.09. The minimum atomic E-state index is -1.18. The molecule has 3 aromatic rings. The Hall–Kier alpha value is -3.55. The molecule has 1 heterocycles. The van der Waals surface area contributed by atoms with E-state index in [0.717, 1.165) is 11.0 Å². The zero-order chi connectivity index (χ0) is 18.7. The van der Waals surface area contributed by atoms with Crippen LogP contribution in [-0.2, 0) is 11.8 Å². The fourth-order valence-corrected chi connectivity index (χ4v) is 2.57. The lowest BCUT2D eigenvalue weighted by molar-refractivity contribution is -0.129. The van der Waals surface area contributed by atoms with Crippen LogP contribution >= 0.6 is 0 Å². The van der Waals surface area contributed by atoms with Crippen molar-refractivity contribution in [1.29, 1.82) is 0 Å². The number of aryl methyl sites for hydroxylation is 1. The van der Waals surface area contributed by atoms with Gasteiger partial charge >= 0.3 is 5.97 Å². The lowest BCUT2D eigenvalue weighted by atomic mass is 10.1. The Balaban J connectivity index is 1.97. The van der Waals surface area contributed by atoms with E-state index in [0.29, 0.717) is 23.0 Å². The van der Waals surface area contributed by atoms with Gasteiger partial charge in [0, 0.05) is 12.6 Å². The van der Waals surface area contributed by atoms with Crippen molar-refractivity contribution in [2.75, 3.05) is 19.6 Å². The fraction of sp³-hybridized carbons (Fsp3) is 0.167. The molecule has 2 aromatic carbocycles. The van der Waals surface area contributed by atoms with Gasteiger partial charge in [0.15, 0.2) is 17.2 Å². The predicted octanol–water partition coefficient (Wildman–Crippen LogP) is 2.49. The van der Waals surface area contributed by atoms with Crippen LogP contribution in [0.15, 0.2) is 47.6 Å². The second-order valence-electron chi connectivity index (χ2n) is 5.43. The average Bonchev–Trinajstić information content (AvgIpc) is 2.97. The Morgan fingerprint density at radius 2 is 1.88 bits per heavy atom. The van der Waals surface area contributed by atoms with Crippen LogP contribution in [0.25, 0.3) is 11.0 Å². The summed E-state index contributed by atoms with van der Waals surface area (Å²) in [6, 6.07) is 12.4. The molecule has 0 radical (unpaired) electrons. The minimum Gasteiger partial charge on any atom is -0.493 e.